The number of nitrogens with zero attached hydrogens (tertiary/aromatic N) is 1. The van der Waals surface area contributed by atoms with E-state index in [1.165, 1.54) is 24.8 Å². The number of hydrogen-bond acceptors (Lipinski definition) is 1. The van der Waals surface area contributed by atoms with Crippen LogP contribution in [0.15, 0.2) is 24.5 Å². The molecule has 1 aromatic heterocycles. The summed E-state index contributed by atoms with van der Waals surface area (Å²) < 4.78 is 0. The van der Waals surface area contributed by atoms with Crippen LogP contribution in [0.1, 0.15) is 31.2 Å². The van der Waals surface area contributed by atoms with E-state index in [2.05, 4.69) is 18.0 Å². The van der Waals surface area contributed by atoms with Crippen LogP contribution in [0.5, 0.6) is 0 Å². The quantitative estimate of drug-likeness (QED) is 0.606. The van der Waals surface area contributed by atoms with Crippen molar-refractivity contribution in [1.29, 1.82) is 0 Å². The smallest absolute Gasteiger partial charge is 0.0299 e. The fourth-order valence-corrected chi connectivity index (χ4v) is 1.23. The second kappa shape index (κ2) is 5.76. The number of pyridine rings is 1. The minimum absolute atomic E-state index is 1.06. The average Bonchev–Trinajstić information content (AvgIpc) is 2.14. The first-order valence-corrected chi connectivity index (χ1v) is 4.61. The van der Waals surface area contributed by atoms with Crippen LogP contribution in [0.3, 0.4) is 0 Å². The van der Waals surface area contributed by atoms with Crippen molar-refractivity contribution < 1.29 is 0 Å². The minimum atomic E-state index is 1.06. The van der Waals surface area contributed by atoms with E-state index >= 15 is 0 Å². The molecular formula is C11H16N. The normalized spacial score (nSPS) is 10.1. The first-order valence-electron chi connectivity index (χ1n) is 4.61. The van der Waals surface area contributed by atoms with Gasteiger partial charge in [-0.05, 0) is 24.5 Å². The highest BCUT2D eigenvalue weighted by molar-refractivity contribution is 5.08. The van der Waals surface area contributed by atoms with Crippen molar-refractivity contribution >= 4 is 0 Å². The van der Waals surface area contributed by atoms with Crippen molar-refractivity contribution in [3.05, 3.63) is 37.0 Å². The Balaban J connectivity index is 2.16. The van der Waals surface area contributed by atoms with Crippen LogP contribution in [-0.4, -0.2) is 4.98 Å². The lowest BCUT2D eigenvalue weighted by Gasteiger charge is -1.98. The van der Waals surface area contributed by atoms with E-state index < -0.39 is 0 Å². The third kappa shape index (κ3) is 3.51. The third-order valence-corrected chi connectivity index (χ3v) is 1.94. The van der Waals surface area contributed by atoms with Gasteiger partial charge in [0, 0.05) is 12.4 Å². The maximum atomic E-state index is 4.07. The fraction of sp³-hybridized carbons (Fsp3) is 0.455. The average molecular weight is 162 g/mol. The monoisotopic (exact) mass is 162 g/mol. The van der Waals surface area contributed by atoms with Crippen molar-refractivity contribution in [2.75, 3.05) is 0 Å². The second-order valence-corrected chi connectivity index (χ2v) is 3.03. The number of aryl methyl sites for hydroxylation is 1. The summed E-state index contributed by atoms with van der Waals surface area (Å²) in [5.74, 6) is 0. The summed E-state index contributed by atoms with van der Waals surface area (Å²) in [4.78, 5) is 4.07. The summed E-state index contributed by atoms with van der Waals surface area (Å²) in [6.07, 6.45) is 9.80. The Morgan fingerprint density at radius 3 is 2.83 bits per heavy atom. The van der Waals surface area contributed by atoms with Crippen LogP contribution >= 0.6 is 0 Å². The number of rotatable bonds is 5. The molecule has 0 saturated carbocycles. The second-order valence-electron chi connectivity index (χ2n) is 3.03. The maximum absolute atomic E-state index is 4.07. The molecule has 1 heteroatoms. The zero-order valence-corrected chi connectivity index (χ0v) is 7.50. The van der Waals surface area contributed by atoms with Gasteiger partial charge in [-0.2, -0.15) is 0 Å². The molecule has 1 nitrogen and oxygen atoms in total. The van der Waals surface area contributed by atoms with E-state index in [1.54, 1.807) is 0 Å². The lowest BCUT2D eigenvalue weighted by atomic mass is 10.1. The van der Waals surface area contributed by atoms with Gasteiger partial charge in [-0.15, -0.1) is 0 Å². The van der Waals surface area contributed by atoms with Gasteiger partial charge in [0.25, 0.3) is 0 Å². The zero-order chi connectivity index (χ0) is 8.65. The third-order valence-electron chi connectivity index (χ3n) is 1.94. The van der Waals surface area contributed by atoms with Gasteiger partial charge in [0.2, 0.25) is 0 Å². The van der Waals surface area contributed by atoms with E-state index in [4.69, 9.17) is 0 Å². The Bertz CT molecular complexity index is 193. The molecule has 0 amide bonds. The first-order chi connectivity index (χ1) is 5.93. The molecule has 0 saturated heterocycles. The number of aromatic nitrogens is 1. The molecule has 0 N–H and O–H groups in total. The van der Waals surface area contributed by atoms with E-state index in [0.29, 0.717) is 0 Å². The fourth-order valence-electron chi connectivity index (χ4n) is 1.23. The van der Waals surface area contributed by atoms with Gasteiger partial charge in [-0.1, -0.05) is 32.3 Å². The highest BCUT2D eigenvalue weighted by Gasteiger charge is 1.91. The summed E-state index contributed by atoms with van der Waals surface area (Å²) in [6.45, 7) is 3.82. The summed E-state index contributed by atoms with van der Waals surface area (Å²) in [6, 6.07) is 4.13. The number of hydrogen-bond donors (Lipinski definition) is 0. The Morgan fingerprint density at radius 2 is 2.17 bits per heavy atom. The molecule has 1 heterocycles. The molecule has 1 rings (SSSR count). The van der Waals surface area contributed by atoms with E-state index in [0.717, 1.165) is 12.8 Å². The molecule has 0 aromatic carbocycles. The van der Waals surface area contributed by atoms with E-state index in [1.807, 2.05) is 18.5 Å². The molecular weight excluding hydrogens is 146 g/mol. The van der Waals surface area contributed by atoms with Gasteiger partial charge in [0.15, 0.2) is 0 Å². The van der Waals surface area contributed by atoms with E-state index in [-0.39, 0.29) is 0 Å². The van der Waals surface area contributed by atoms with Crippen LogP contribution in [0.4, 0.5) is 0 Å². The Kier molecular flexibility index (Phi) is 4.43. The Hall–Kier alpha value is -0.850. The van der Waals surface area contributed by atoms with Gasteiger partial charge >= 0.3 is 0 Å². The molecule has 0 unspecified atom stereocenters. The van der Waals surface area contributed by atoms with Gasteiger partial charge in [-0.3, -0.25) is 4.98 Å². The van der Waals surface area contributed by atoms with Crippen LogP contribution in [-0.2, 0) is 6.42 Å². The van der Waals surface area contributed by atoms with Gasteiger partial charge < -0.3 is 0 Å². The molecule has 0 aliphatic rings. The minimum Gasteiger partial charge on any atom is -0.264 e. The molecule has 0 aliphatic carbocycles. The van der Waals surface area contributed by atoms with Gasteiger partial charge in [0.05, 0.1) is 0 Å². The summed E-state index contributed by atoms with van der Waals surface area (Å²) >= 11 is 0. The molecule has 1 radical (unpaired) electrons. The SMILES string of the molecule is [CH2]CCCCCc1cccnc1. The molecule has 65 valence electrons. The highest BCUT2D eigenvalue weighted by Crippen LogP contribution is 2.05. The highest BCUT2D eigenvalue weighted by atomic mass is 14.6. The lowest BCUT2D eigenvalue weighted by Crippen LogP contribution is -1.85. The standard InChI is InChI=1S/C11H16N/c1-2-3-4-5-7-11-8-6-9-12-10-11/h6,8-10H,1-5,7H2. The largest absolute Gasteiger partial charge is 0.264 e. The predicted octanol–water partition coefficient (Wildman–Crippen LogP) is 3.02. The van der Waals surface area contributed by atoms with Crippen LogP contribution < -0.4 is 0 Å². The first kappa shape index (κ1) is 9.24. The Labute approximate surface area is 74.8 Å². The lowest BCUT2D eigenvalue weighted by molar-refractivity contribution is 0.685. The van der Waals surface area contributed by atoms with Crippen molar-refractivity contribution in [2.24, 2.45) is 0 Å². The van der Waals surface area contributed by atoms with Crippen molar-refractivity contribution in [2.45, 2.75) is 32.1 Å². The van der Waals surface area contributed by atoms with Crippen molar-refractivity contribution in [1.82, 2.24) is 4.98 Å². The molecule has 1 aromatic rings. The van der Waals surface area contributed by atoms with Crippen LogP contribution in [0, 0.1) is 6.92 Å². The molecule has 0 aliphatic heterocycles. The van der Waals surface area contributed by atoms with Crippen molar-refractivity contribution in [3.63, 3.8) is 0 Å². The zero-order valence-electron chi connectivity index (χ0n) is 7.50. The maximum Gasteiger partial charge on any atom is 0.0299 e. The summed E-state index contributed by atoms with van der Waals surface area (Å²) in [5, 5.41) is 0. The van der Waals surface area contributed by atoms with E-state index in [9.17, 15) is 0 Å². The number of unbranched alkanes of at least 4 members (excludes halogenated alkanes) is 3. The Morgan fingerprint density at radius 1 is 1.25 bits per heavy atom. The van der Waals surface area contributed by atoms with Gasteiger partial charge in [-0.25, -0.2) is 0 Å². The molecule has 0 spiro atoms. The van der Waals surface area contributed by atoms with Crippen LogP contribution in [0.25, 0.3) is 0 Å². The van der Waals surface area contributed by atoms with Crippen molar-refractivity contribution in [3.8, 4) is 0 Å². The topological polar surface area (TPSA) is 12.9 Å². The molecule has 0 fully saturated rings. The molecule has 0 bridgehead atoms. The molecule has 0 atom stereocenters. The van der Waals surface area contributed by atoms with Gasteiger partial charge in [0.1, 0.15) is 0 Å². The molecule has 12 heavy (non-hydrogen) atoms. The summed E-state index contributed by atoms with van der Waals surface area (Å²) in [7, 11) is 0. The van der Waals surface area contributed by atoms with Crippen LogP contribution in [0.2, 0.25) is 0 Å². The predicted molar refractivity (Wildman–Crippen MR) is 51.8 cm³/mol. The summed E-state index contributed by atoms with van der Waals surface area (Å²) in [5.41, 5.74) is 1.35.